The third-order valence-corrected chi connectivity index (χ3v) is 3.96. The zero-order chi connectivity index (χ0) is 13.4. The fraction of sp³-hybridized carbons (Fsp3) is 0. The lowest BCUT2D eigenvalue weighted by Crippen LogP contribution is -1.92. The second-order valence-electron chi connectivity index (χ2n) is 3.61. The first-order chi connectivity index (χ1) is 9.13. The second-order valence-corrected chi connectivity index (χ2v) is 5.70. The molecule has 2 heterocycles. The van der Waals surface area contributed by atoms with Crippen molar-refractivity contribution in [1.82, 2.24) is 9.97 Å². The van der Waals surface area contributed by atoms with Gasteiger partial charge in [-0.25, -0.2) is 9.37 Å². The quantitative estimate of drug-likeness (QED) is 0.601. The maximum absolute atomic E-state index is 13.0. The summed E-state index contributed by atoms with van der Waals surface area (Å²) in [5, 5.41) is 2.76. The van der Waals surface area contributed by atoms with Crippen molar-refractivity contribution in [2.75, 3.05) is 0 Å². The van der Waals surface area contributed by atoms with Crippen molar-refractivity contribution in [1.29, 1.82) is 0 Å². The van der Waals surface area contributed by atoms with Crippen LogP contribution in [0.1, 0.15) is 0 Å². The first-order valence-electron chi connectivity index (χ1n) is 5.17. The molecule has 0 saturated heterocycles. The summed E-state index contributed by atoms with van der Waals surface area (Å²) in [6, 6.07) is 6.01. The minimum absolute atomic E-state index is 0.114. The number of aromatic nitrogens is 2. The van der Waals surface area contributed by atoms with Gasteiger partial charge in [-0.3, -0.25) is 0 Å². The minimum atomic E-state index is -0.347. The Hall–Kier alpha value is -1.24. The van der Waals surface area contributed by atoms with E-state index in [4.69, 9.17) is 16.3 Å². The third-order valence-electron chi connectivity index (χ3n) is 2.36. The molecule has 0 radical (unpaired) electrons. The molecule has 3 nitrogen and oxygen atoms in total. The van der Waals surface area contributed by atoms with Crippen LogP contribution in [-0.4, -0.2) is 9.97 Å². The van der Waals surface area contributed by atoms with Crippen LogP contribution in [0.4, 0.5) is 4.39 Å². The molecule has 7 heteroatoms. The third kappa shape index (κ3) is 2.56. The van der Waals surface area contributed by atoms with E-state index in [0.717, 1.165) is 10.2 Å². The molecule has 0 N–H and O–H groups in total. The van der Waals surface area contributed by atoms with Crippen LogP contribution in [0.5, 0.6) is 11.6 Å². The molecule has 0 fully saturated rings. The van der Waals surface area contributed by atoms with E-state index in [1.54, 1.807) is 0 Å². The van der Waals surface area contributed by atoms with Gasteiger partial charge in [-0.1, -0.05) is 0 Å². The van der Waals surface area contributed by atoms with Gasteiger partial charge in [0.2, 0.25) is 11.2 Å². The summed E-state index contributed by atoms with van der Waals surface area (Å²) in [5.41, 5.74) is 0. The predicted molar refractivity (Wildman–Crippen MR) is 76.6 cm³/mol. The molecule has 0 bridgehead atoms. The van der Waals surface area contributed by atoms with Crippen molar-refractivity contribution in [3.8, 4) is 11.6 Å². The maximum atomic E-state index is 13.0. The molecular weight excluding hydrogens is 355 g/mol. The van der Waals surface area contributed by atoms with Gasteiger partial charge >= 0.3 is 0 Å². The van der Waals surface area contributed by atoms with Gasteiger partial charge in [0.05, 0.1) is 9.86 Å². The van der Waals surface area contributed by atoms with Crippen LogP contribution in [0.25, 0.3) is 10.2 Å². The van der Waals surface area contributed by atoms with E-state index in [1.807, 2.05) is 11.4 Å². The van der Waals surface area contributed by atoms with Crippen LogP contribution in [0, 0.1) is 5.82 Å². The number of thiophene rings is 1. The van der Waals surface area contributed by atoms with E-state index in [2.05, 4.69) is 25.9 Å². The summed E-state index contributed by atoms with van der Waals surface area (Å²) in [7, 11) is 0. The molecule has 0 aliphatic rings. The summed E-state index contributed by atoms with van der Waals surface area (Å²) in [6.45, 7) is 0. The van der Waals surface area contributed by atoms with E-state index in [-0.39, 0.29) is 11.1 Å². The maximum Gasteiger partial charge on any atom is 0.232 e. The summed E-state index contributed by atoms with van der Waals surface area (Å²) >= 11 is 10.5. The van der Waals surface area contributed by atoms with Gasteiger partial charge in [-0.15, -0.1) is 11.3 Å². The van der Waals surface area contributed by atoms with Gasteiger partial charge in [0.1, 0.15) is 16.4 Å². The molecule has 0 atom stereocenters. The molecule has 0 aliphatic heterocycles. The lowest BCUT2D eigenvalue weighted by Gasteiger charge is -2.07. The number of ether oxygens (including phenoxy) is 1. The van der Waals surface area contributed by atoms with Gasteiger partial charge < -0.3 is 4.74 Å². The monoisotopic (exact) mass is 358 g/mol. The van der Waals surface area contributed by atoms with E-state index >= 15 is 0 Å². The Morgan fingerprint density at radius 3 is 2.89 bits per heavy atom. The van der Waals surface area contributed by atoms with Crippen molar-refractivity contribution < 1.29 is 9.13 Å². The van der Waals surface area contributed by atoms with Gasteiger partial charge in [0.15, 0.2) is 0 Å². The molecule has 19 heavy (non-hydrogen) atoms. The molecule has 0 unspecified atom stereocenters. The highest BCUT2D eigenvalue weighted by Crippen LogP contribution is 2.34. The Kier molecular flexibility index (Phi) is 3.38. The largest absolute Gasteiger partial charge is 0.437 e. The van der Waals surface area contributed by atoms with E-state index < -0.39 is 0 Å². The zero-order valence-corrected chi connectivity index (χ0v) is 12.4. The highest BCUT2D eigenvalue weighted by atomic mass is 79.9. The predicted octanol–water partition coefficient (Wildman–Crippen LogP) is 5.04. The van der Waals surface area contributed by atoms with Gasteiger partial charge in [0, 0.05) is 0 Å². The van der Waals surface area contributed by atoms with Crippen LogP contribution in [-0.2, 0) is 0 Å². The van der Waals surface area contributed by atoms with E-state index in [1.165, 1.54) is 29.5 Å². The lowest BCUT2D eigenvalue weighted by atomic mass is 10.3. The van der Waals surface area contributed by atoms with Crippen LogP contribution in [0.3, 0.4) is 0 Å². The molecule has 1 aromatic carbocycles. The first kappa shape index (κ1) is 12.8. The van der Waals surface area contributed by atoms with E-state index in [0.29, 0.717) is 16.1 Å². The molecule has 0 aliphatic carbocycles. The topological polar surface area (TPSA) is 35.0 Å². The molecule has 3 aromatic rings. The number of fused-ring (bicyclic) bond motifs is 1. The normalized spacial score (nSPS) is 10.9. The first-order valence-corrected chi connectivity index (χ1v) is 7.22. The molecule has 0 saturated carbocycles. The SMILES string of the molecule is Fc1ccc(Oc2nc(Cl)nc3sccc23)c(Br)c1. The molecular formula is C12H5BrClFN2OS. The van der Waals surface area contributed by atoms with E-state index in [9.17, 15) is 4.39 Å². The number of nitrogens with zero attached hydrogens (tertiary/aromatic N) is 2. The van der Waals surface area contributed by atoms with Crippen molar-refractivity contribution in [2.45, 2.75) is 0 Å². The van der Waals surface area contributed by atoms with Crippen LogP contribution in [0.2, 0.25) is 5.28 Å². The summed E-state index contributed by atoms with van der Waals surface area (Å²) in [4.78, 5) is 8.90. The molecule has 0 amide bonds. The molecule has 96 valence electrons. The number of hydrogen-bond donors (Lipinski definition) is 0. The van der Waals surface area contributed by atoms with Crippen molar-refractivity contribution >= 4 is 49.1 Å². The number of halogens is 3. The standard InChI is InChI=1S/C12H5BrClFN2OS/c13-8-5-6(15)1-2-9(8)18-10-7-3-4-19-11(7)17-12(14)16-10/h1-5H. The Bertz CT molecular complexity index is 765. The van der Waals surface area contributed by atoms with Crippen LogP contribution < -0.4 is 4.74 Å². The molecule has 2 aromatic heterocycles. The smallest absolute Gasteiger partial charge is 0.232 e. The summed E-state index contributed by atoms with van der Waals surface area (Å²) in [5.74, 6) is 0.466. The number of benzene rings is 1. The van der Waals surface area contributed by atoms with Crippen LogP contribution >= 0.6 is 38.9 Å². The molecule has 0 spiro atoms. The fourth-order valence-electron chi connectivity index (χ4n) is 1.54. The Labute approximate surface area is 125 Å². The highest BCUT2D eigenvalue weighted by molar-refractivity contribution is 9.10. The second kappa shape index (κ2) is 5.03. The van der Waals surface area contributed by atoms with Gasteiger partial charge in [-0.2, -0.15) is 4.98 Å². The van der Waals surface area contributed by atoms with Crippen LogP contribution in [0.15, 0.2) is 34.1 Å². The van der Waals surface area contributed by atoms with Crippen molar-refractivity contribution in [2.24, 2.45) is 0 Å². The average Bonchev–Trinajstić information content (AvgIpc) is 2.80. The minimum Gasteiger partial charge on any atom is -0.437 e. The number of hydrogen-bond acceptors (Lipinski definition) is 4. The van der Waals surface area contributed by atoms with Crippen molar-refractivity contribution in [3.05, 3.63) is 45.2 Å². The Morgan fingerprint density at radius 2 is 2.11 bits per heavy atom. The van der Waals surface area contributed by atoms with Crippen molar-refractivity contribution in [3.63, 3.8) is 0 Å². The Balaban J connectivity index is 2.07. The summed E-state index contributed by atoms with van der Waals surface area (Å²) in [6.07, 6.45) is 0. The van der Waals surface area contributed by atoms with Gasteiger partial charge in [0.25, 0.3) is 0 Å². The average molecular weight is 360 g/mol. The summed E-state index contributed by atoms with van der Waals surface area (Å²) < 4.78 is 19.2. The Morgan fingerprint density at radius 1 is 1.26 bits per heavy atom. The number of rotatable bonds is 2. The zero-order valence-electron chi connectivity index (χ0n) is 9.23. The fourth-order valence-corrected chi connectivity index (χ4v) is 2.94. The highest BCUT2D eigenvalue weighted by Gasteiger charge is 2.12. The molecule has 3 rings (SSSR count). The van der Waals surface area contributed by atoms with Gasteiger partial charge in [-0.05, 0) is 57.2 Å². The lowest BCUT2D eigenvalue weighted by molar-refractivity contribution is 0.463.